The number of carbonyl (C=O) groups is 1. The van der Waals surface area contributed by atoms with Crippen LogP contribution in [0.15, 0.2) is 53.0 Å². The number of halogens is 1. The Balaban J connectivity index is 1.57. The second kappa shape index (κ2) is 7.12. The Kier molecular flexibility index (Phi) is 4.66. The SMILES string of the molecule is Cc1nc2c3ccccc3nn2c(C)c1CCC(=O)Nc1ccc(Br)cc1. The molecule has 1 N–H and O–H groups in total. The van der Waals surface area contributed by atoms with Crippen molar-refractivity contribution in [2.45, 2.75) is 26.7 Å². The highest BCUT2D eigenvalue weighted by atomic mass is 79.9. The number of benzene rings is 2. The maximum atomic E-state index is 12.3. The average Bonchev–Trinajstić information content (AvgIpc) is 3.02. The number of hydrogen-bond donors (Lipinski definition) is 1. The van der Waals surface area contributed by atoms with E-state index in [4.69, 9.17) is 4.98 Å². The van der Waals surface area contributed by atoms with Gasteiger partial charge in [-0.2, -0.15) is 5.10 Å². The van der Waals surface area contributed by atoms with Crippen LogP contribution in [0.1, 0.15) is 23.4 Å². The Bertz CT molecular complexity index is 1150. The van der Waals surface area contributed by atoms with Crippen LogP contribution in [0.5, 0.6) is 0 Å². The van der Waals surface area contributed by atoms with Gasteiger partial charge in [0.25, 0.3) is 0 Å². The average molecular weight is 423 g/mol. The number of aromatic nitrogens is 3. The Morgan fingerprint density at radius 3 is 2.63 bits per heavy atom. The molecule has 0 spiro atoms. The van der Waals surface area contributed by atoms with Crippen molar-refractivity contribution in [2.24, 2.45) is 0 Å². The zero-order valence-electron chi connectivity index (χ0n) is 15.2. The van der Waals surface area contributed by atoms with Crippen molar-refractivity contribution in [2.75, 3.05) is 5.32 Å². The van der Waals surface area contributed by atoms with Gasteiger partial charge in [-0.15, -0.1) is 0 Å². The van der Waals surface area contributed by atoms with Crippen LogP contribution in [-0.2, 0) is 11.2 Å². The maximum Gasteiger partial charge on any atom is 0.224 e. The van der Waals surface area contributed by atoms with Gasteiger partial charge in [0.2, 0.25) is 5.91 Å². The van der Waals surface area contributed by atoms with Crippen molar-refractivity contribution < 1.29 is 4.79 Å². The van der Waals surface area contributed by atoms with Crippen molar-refractivity contribution >= 4 is 44.1 Å². The molecular formula is C21H19BrN4O. The van der Waals surface area contributed by atoms with Gasteiger partial charge < -0.3 is 5.32 Å². The molecule has 0 aliphatic carbocycles. The predicted octanol–water partition coefficient (Wildman–Crippen LogP) is 4.83. The van der Waals surface area contributed by atoms with E-state index >= 15 is 0 Å². The molecule has 2 heterocycles. The van der Waals surface area contributed by atoms with Crippen molar-refractivity contribution in [3.63, 3.8) is 0 Å². The highest BCUT2D eigenvalue weighted by Gasteiger charge is 2.15. The Hall–Kier alpha value is -2.73. The van der Waals surface area contributed by atoms with E-state index in [1.807, 2.05) is 66.9 Å². The van der Waals surface area contributed by atoms with Crippen LogP contribution in [-0.4, -0.2) is 20.5 Å². The third kappa shape index (κ3) is 3.45. The summed E-state index contributed by atoms with van der Waals surface area (Å²) in [4.78, 5) is 17.1. The van der Waals surface area contributed by atoms with Crippen molar-refractivity contribution in [3.8, 4) is 0 Å². The number of hydrogen-bond acceptors (Lipinski definition) is 3. The summed E-state index contributed by atoms with van der Waals surface area (Å²) in [6, 6.07) is 15.6. The number of fused-ring (bicyclic) bond motifs is 3. The van der Waals surface area contributed by atoms with E-state index in [0.29, 0.717) is 12.8 Å². The minimum Gasteiger partial charge on any atom is -0.326 e. The van der Waals surface area contributed by atoms with Crippen molar-refractivity contribution in [3.05, 3.63) is 70.0 Å². The molecule has 6 heteroatoms. The number of nitrogens with zero attached hydrogens (tertiary/aromatic N) is 3. The zero-order chi connectivity index (χ0) is 19.0. The number of rotatable bonds is 4. The van der Waals surface area contributed by atoms with Gasteiger partial charge in [-0.1, -0.05) is 28.1 Å². The van der Waals surface area contributed by atoms with Crippen molar-refractivity contribution in [1.29, 1.82) is 0 Å². The van der Waals surface area contributed by atoms with Gasteiger partial charge in [-0.3, -0.25) is 4.79 Å². The number of anilines is 1. The monoisotopic (exact) mass is 422 g/mol. The van der Waals surface area contributed by atoms with E-state index in [1.54, 1.807) is 0 Å². The molecule has 0 unspecified atom stereocenters. The fourth-order valence-electron chi connectivity index (χ4n) is 3.33. The second-order valence-electron chi connectivity index (χ2n) is 6.57. The smallest absolute Gasteiger partial charge is 0.224 e. The van der Waals surface area contributed by atoms with Gasteiger partial charge in [-0.25, -0.2) is 9.50 Å². The Morgan fingerprint density at radius 2 is 1.85 bits per heavy atom. The Labute approximate surface area is 165 Å². The van der Waals surface area contributed by atoms with Crippen LogP contribution in [0.4, 0.5) is 5.69 Å². The molecule has 2 aromatic carbocycles. The number of aryl methyl sites for hydroxylation is 2. The lowest BCUT2D eigenvalue weighted by molar-refractivity contribution is -0.116. The first kappa shape index (κ1) is 17.7. The van der Waals surface area contributed by atoms with E-state index in [9.17, 15) is 4.79 Å². The topological polar surface area (TPSA) is 59.3 Å². The molecule has 0 radical (unpaired) electrons. The van der Waals surface area contributed by atoms with Crippen molar-refractivity contribution in [1.82, 2.24) is 14.6 Å². The molecule has 0 saturated heterocycles. The van der Waals surface area contributed by atoms with E-state index < -0.39 is 0 Å². The van der Waals surface area contributed by atoms with Crippen LogP contribution in [0, 0.1) is 13.8 Å². The summed E-state index contributed by atoms with van der Waals surface area (Å²) in [5.74, 6) is -0.0122. The summed E-state index contributed by atoms with van der Waals surface area (Å²) in [7, 11) is 0. The summed E-state index contributed by atoms with van der Waals surface area (Å²) in [5.41, 5.74) is 5.64. The Morgan fingerprint density at radius 1 is 1.11 bits per heavy atom. The fraction of sp³-hybridized carbons (Fsp3) is 0.190. The minimum atomic E-state index is -0.0122. The summed E-state index contributed by atoms with van der Waals surface area (Å²) in [6.45, 7) is 4.03. The third-order valence-corrected chi connectivity index (χ3v) is 5.28. The van der Waals surface area contributed by atoms with E-state index in [0.717, 1.165) is 43.7 Å². The molecule has 27 heavy (non-hydrogen) atoms. The normalized spacial score (nSPS) is 11.2. The standard InChI is InChI=1S/C21H19BrN4O/c1-13-17(11-12-20(27)24-16-9-7-15(22)8-10-16)14(2)26-21(23-13)18-5-3-4-6-19(18)25-26/h3-10H,11-12H2,1-2H3,(H,24,27). The maximum absolute atomic E-state index is 12.3. The summed E-state index contributed by atoms with van der Waals surface area (Å²) in [6.07, 6.45) is 1.02. The van der Waals surface area contributed by atoms with Crippen LogP contribution in [0.2, 0.25) is 0 Å². The van der Waals surface area contributed by atoms with Gasteiger partial charge in [0, 0.05) is 33.4 Å². The lowest BCUT2D eigenvalue weighted by Crippen LogP contribution is -2.14. The van der Waals surface area contributed by atoms with E-state index in [-0.39, 0.29) is 5.91 Å². The molecule has 1 amide bonds. The van der Waals surface area contributed by atoms with E-state index in [2.05, 4.69) is 26.3 Å². The molecular weight excluding hydrogens is 404 g/mol. The summed E-state index contributed by atoms with van der Waals surface area (Å²) in [5, 5.41) is 8.65. The first-order valence-corrected chi connectivity index (χ1v) is 9.61. The number of carbonyl (C=O) groups excluding carboxylic acids is 1. The molecule has 2 aromatic heterocycles. The molecule has 0 saturated carbocycles. The molecule has 4 aromatic rings. The van der Waals surface area contributed by atoms with Gasteiger partial charge in [-0.05, 0) is 62.2 Å². The number of amides is 1. The largest absolute Gasteiger partial charge is 0.326 e. The molecule has 0 aliphatic heterocycles. The lowest BCUT2D eigenvalue weighted by Gasteiger charge is -2.11. The zero-order valence-corrected chi connectivity index (χ0v) is 16.7. The highest BCUT2D eigenvalue weighted by molar-refractivity contribution is 9.10. The molecule has 5 nitrogen and oxygen atoms in total. The lowest BCUT2D eigenvalue weighted by atomic mass is 10.1. The first-order valence-electron chi connectivity index (χ1n) is 8.82. The van der Waals surface area contributed by atoms with Crippen LogP contribution >= 0.6 is 15.9 Å². The van der Waals surface area contributed by atoms with Crippen LogP contribution in [0.3, 0.4) is 0 Å². The summed E-state index contributed by atoms with van der Waals surface area (Å²) >= 11 is 3.39. The second-order valence-corrected chi connectivity index (χ2v) is 7.48. The van der Waals surface area contributed by atoms with Crippen LogP contribution in [0.25, 0.3) is 16.6 Å². The molecule has 0 bridgehead atoms. The minimum absolute atomic E-state index is 0.0122. The van der Waals surface area contributed by atoms with Gasteiger partial charge >= 0.3 is 0 Å². The van der Waals surface area contributed by atoms with Gasteiger partial charge in [0.05, 0.1) is 5.52 Å². The molecule has 0 aliphatic rings. The van der Waals surface area contributed by atoms with Gasteiger partial charge in [0.1, 0.15) is 0 Å². The molecule has 4 rings (SSSR count). The van der Waals surface area contributed by atoms with E-state index in [1.165, 1.54) is 0 Å². The highest BCUT2D eigenvalue weighted by Crippen LogP contribution is 2.23. The summed E-state index contributed by atoms with van der Waals surface area (Å²) < 4.78 is 2.87. The fourth-order valence-corrected chi connectivity index (χ4v) is 3.60. The van der Waals surface area contributed by atoms with Crippen LogP contribution < -0.4 is 5.32 Å². The molecule has 0 atom stereocenters. The first-order chi connectivity index (χ1) is 13.0. The predicted molar refractivity (Wildman–Crippen MR) is 111 cm³/mol. The molecule has 0 fully saturated rings. The third-order valence-electron chi connectivity index (χ3n) is 4.75. The number of nitrogens with one attached hydrogen (secondary N) is 1. The quantitative estimate of drug-likeness (QED) is 0.512. The molecule has 136 valence electrons. The van der Waals surface area contributed by atoms with Gasteiger partial charge in [0.15, 0.2) is 5.65 Å².